The van der Waals surface area contributed by atoms with Crippen LogP contribution >= 0.6 is 21.1 Å². The van der Waals surface area contributed by atoms with Crippen LogP contribution in [0.25, 0.3) is 0 Å². The number of aryl methyl sites for hydroxylation is 1. The van der Waals surface area contributed by atoms with Crippen molar-refractivity contribution in [1.82, 2.24) is 4.90 Å². The van der Waals surface area contributed by atoms with Gasteiger partial charge in [-0.05, 0) is 31.0 Å². The summed E-state index contributed by atoms with van der Waals surface area (Å²) < 4.78 is 3.27. The molecule has 3 aromatic carbocycles. The Hall–Kier alpha value is -1.34. The van der Waals surface area contributed by atoms with Crippen molar-refractivity contribution in [3.8, 4) is 0 Å². The average Bonchev–Trinajstić information content (AvgIpc) is 2.82. The van der Waals surface area contributed by atoms with Crippen LogP contribution in [0.4, 0.5) is 5.69 Å². The van der Waals surface area contributed by atoms with E-state index in [0.29, 0.717) is 4.32 Å². The minimum absolute atomic E-state index is 0.602. The third-order valence-electron chi connectivity index (χ3n) is 5.51. The van der Waals surface area contributed by atoms with Crippen molar-refractivity contribution in [3.05, 3.63) is 90.0 Å². The van der Waals surface area contributed by atoms with Crippen LogP contribution in [0.1, 0.15) is 11.1 Å². The molecule has 6 heteroatoms. The molecule has 0 N–H and O–H groups in total. The van der Waals surface area contributed by atoms with E-state index in [0.717, 1.165) is 26.2 Å². The monoisotopic (exact) mass is 574 g/mol. The number of rotatable bonds is 3. The average molecular weight is 574 g/mol. The van der Waals surface area contributed by atoms with Crippen molar-refractivity contribution < 1.29 is 0 Å². The van der Waals surface area contributed by atoms with Crippen molar-refractivity contribution in [2.24, 2.45) is 0 Å². The first-order chi connectivity index (χ1) is 15.0. The third-order valence-corrected chi connectivity index (χ3v) is 13.7. The van der Waals surface area contributed by atoms with Gasteiger partial charge in [-0.1, -0.05) is 16.5 Å². The first-order valence-electron chi connectivity index (χ1n) is 10.4. The Balaban J connectivity index is 0.000000179. The Kier molecular flexibility index (Phi) is 9.45. The molecule has 3 aromatic rings. The van der Waals surface area contributed by atoms with E-state index in [9.17, 15) is 0 Å². The van der Waals surface area contributed by atoms with Crippen molar-refractivity contribution in [1.29, 1.82) is 0 Å². The zero-order chi connectivity index (χ0) is 22.2. The van der Waals surface area contributed by atoms with Gasteiger partial charge in [-0.25, -0.2) is 0 Å². The van der Waals surface area contributed by atoms with Gasteiger partial charge in [-0.2, -0.15) is 0 Å². The Morgan fingerprint density at radius 1 is 0.806 bits per heavy atom. The van der Waals surface area contributed by atoms with Crippen LogP contribution < -0.4 is 12.1 Å². The zero-order valence-corrected chi connectivity index (χ0v) is 23.2. The number of nitrogens with zero attached hydrogens (tertiary/aromatic N) is 2. The Bertz CT molecular complexity index is 938. The van der Waals surface area contributed by atoms with Gasteiger partial charge in [0.05, 0.1) is 0 Å². The van der Waals surface area contributed by atoms with Crippen molar-refractivity contribution in [3.63, 3.8) is 0 Å². The molecule has 0 atom stereocenters. The SMILES string of the molecule is Cc1cccc(N2CCN(C(=S)[S-])CC2)c1C.[Cl][Sn+]([c]1ccccc1)[c]1ccccc1. The van der Waals surface area contributed by atoms with E-state index in [1.807, 2.05) is 12.1 Å². The van der Waals surface area contributed by atoms with Crippen molar-refractivity contribution >= 4 is 69.6 Å². The second-order valence-corrected chi connectivity index (χ2v) is 16.2. The Labute approximate surface area is 208 Å². The first-order valence-corrected chi connectivity index (χ1v) is 17.7. The summed E-state index contributed by atoms with van der Waals surface area (Å²) in [7, 11) is 6.53. The standard InChI is InChI=1S/C13H18N2S2.2C6H5.ClH.Sn/c1-10-4-3-5-12(11(10)2)14-6-8-15(9-7-14)13(16)17;2*1-2-4-6-5-3-1;;/h3-5H,6-9H2,1-2H3,(H,16,17);2*1-5H;1H;/q;;;;+2/p-2. The fraction of sp³-hybridized carbons (Fsp3) is 0.240. The van der Waals surface area contributed by atoms with Crippen LogP contribution in [-0.4, -0.2) is 54.0 Å². The van der Waals surface area contributed by atoms with Crippen LogP contribution in [0.15, 0.2) is 78.9 Å². The van der Waals surface area contributed by atoms with Gasteiger partial charge in [0.2, 0.25) is 0 Å². The maximum absolute atomic E-state index is 6.53. The van der Waals surface area contributed by atoms with Crippen LogP contribution in [-0.2, 0) is 12.6 Å². The van der Waals surface area contributed by atoms with Gasteiger partial charge < -0.3 is 34.6 Å². The molecule has 0 bridgehead atoms. The quantitative estimate of drug-likeness (QED) is 0.262. The molecule has 0 saturated carbocycles. The van der Waals surface area contributed by atoms with E-state index in [1.54, 1.807) is 0 Å². The summed E-state index contributed by atoms with van der Waals surface area (Å²) in [6.07, 6.45) is 0. The van der Waals surface area contributed by atoms with Crippen LogP contribution in [0.3, 0.4) is 0 Å². The number of hydrogen-bond acceptors (Lipinski definition) is 3. The third kappa shape index (κ3) is 6.82. The molecule has 4 rings (SSSR count). The fourth-order valence-electron chi connectivity index (χ4n) is 3.54. The van der Waals surface area contributed by atoms with Gasteiger partial charge in [0.15, 0.2) is 0 Å². The van der Waals surface area contributed by atoms with E-state index in [2.05, 4.69) is 90.4 Å². The van der Waals surface area contributed by atoms with Gasteiger partial charge in [0.1, 0.15) is 0 Å². The van der Waals surface area contributed by atoms with E-state index in [4.69, 9.17) is 33.8 Å². The molecule has 1 aliphatic rings. The topological polar surface area (TPSA) is 6.48 Å². The molecule has 0 aromatic heterocycles. The molecule has 1 aliphatic heterocycles. The molecule has 1 fully saturated rings. The molecule has 0 aliphatic carbocycles. The zero-order valence-electron chi connectivity index (χ0n) is 17.9. The second-order valence-electron chi connectivity index (χ2n) is 7.51. The summed E-state index contributed by atoms with van der Waals surface area (Å²) in [4.78, 5) is 4.53. The molecule has 31 heavy (non-hydrogen) atoms. The number of hydrogen-bond donors (Lipinski definition) is 0. The van der Waals surface area contributed by atoms with Gasteiger partial charge in [0.25, 0.3) is 0 Å². The van der Waals surface area contributed by atoms with Crippen LogP contribution in [0.2, 0.25) is 0 Å². The van der Waals surface area contributed by atoms with Crippen molar-refractivity contribution in [2.45, 2.75) is 13.8 Å². The van der Waals surface area contributed by atoms with Gasteiger partial charge in [-0.3, -0.25) is 0 Å². The molecule has 0 amide bonds. The van der Waals surface area contributed by atoms with E-state index in [1.165, 1.54) is 24.0 Å². The summed E-state index contributed by atoms with van der Waals surface area (Å²) in [5.41, 5.74) is 4.07. The number of halogens is 1. The van der Waals surface area contributed by atoms with Crippen LogP contribution in [0, 0.1) is 13.8 Å². The summed E-state index contributed by atoms with van der Waals surface area (Å²) in [6.45, 7) is 8.23. The van der Waals surface area contributed by atoms with E-state index in [-0.39, 0.29) is 0 Å². The molecule has 1 saturated heterocycles. The fourth-order valence-corrected chi connectivity index (χ4v) is 9.32. The first kappa shape index (κ1) is 24.3. The van der Waals surface area contributed by atoms with E-state index >= 15 is 0 Å². The molecule has 0 radical (unpaired) electrons. The predicted octanol–water partition coefficient (Wildman–Crippen LogP) is 4.29. The minimum atomic E-state index is -2.03. The van der Waals surface area contributed by atoms with Gasteiger partial charge >= 0.3 is 95.4 Å². The molecule has 160 valence electrons. The van der Waals surface area contributed by atoms with Gasteiger partial charge in [0, 0.05) is 31.9 Å². The molecule has 2 nitrogen and oxygen atoms in total. The number of benzene rings is 3. The molecule has 0 unspecified atom stereocenters. The van der Waals surface area contributed by atoms with E-state index < -0.39 is 18.6 Å². The number of anilines is 1. The number of piperazine rings is 1. The maximum atomic E-state index is 6.53. The predicted molar refractivity (Wildman–Crippen MR) is 143 cm³/mol. The van der Waals surface area contributed by atoms with Crippen molar-refractivity contribution in [2.75, 3.05) is 31.1 Å². The van der Waals surface area contributed by atoms with Gasteiger partial charge in [-0.15, -0.1) is 0 Å². The normalized spacial score (nSPS) is 13.3. The molecular formula is C25H27ClN2S2Sn. The Morgan fingerprint density at radius 3 is 1.81 bits per heavy atom. The summed E-state index contributed by atoms with van der Waals surface area (Å²) in [5, 5.41) is 0. The molecule has 0 spiro atoms. The summed E-state index contributed by atoms with van der Waals surface area (Å²) in [6, 6.07) is 27.3. The summed E-state index contributed by atoms with van der Waals surface area (Å²) >= 11 is 8.05. The second kappa shape index (κ2) is 12.0. The molecular weight excluding hydrogens is 547 g/mol. The Morgan fingerprint density at radius 2 is 1.32 bits per heavy atom. The number of thiocarbonyl (C=S) groups is 1. The molecule has 1 heterocycles. The van der Waals surface area contributed by atoms with Crippen LogP contribution in [0.5, 0.6) is 0 Å². The summed E-state index contributed by atoms with van der Waals surface area (Å²) in [5.74, 6) is 0.